The average molecular weight is 393 g/mol. The molecule has 0 atom stereocenters. The molecule has 1 fully saturated rings. The van der Waals surface area contributed by atoms with E-state index in [4.69, 9.17) is 21.3 Å². The molecule has 0 radical (unpaired) electrons. The Kier molecular flexibility index (Phi) is 4.53. The van der Waals surface area contributed by atoms with Crippen molar-refractivity contribution in [3.05, 3.63) is 59.1 Å². The fraction of sp³-hybridized carbons (Fsp3) is 0.273. The number of anilines is 1. The lowest BCUT2D eigenvalue weighted by molar-refractivity contribution is 0.316. The van der Waals surface area contributed by atoms with Crippen LogP contribution in [-0.2, 0) is 4.74 Å². The number of hydrogen-bond donors (Lipinski definition) is 1. The van der Waals surface area contributed by atoms with Gasteiger partial charge in [0.15, 0.2) is 6.73 Å². The van der Waals surface area contributed by atoms with Crippen LogP contribution in [0.15, 0.2) is 53.6 Å². The standard InChI is InChI=1S/C22H21ClN4O/c23-16-9-10-18-17(13-16)19(15-7-3-1-4-8-15)20(22-26-24-14-28-22)21(25-18)27-11-5-2-6-12-27/h1,3-4,7-10,13,24H,2,5-6,11-12,14H2. The molecule has 5 rings (SSSR count). The van der Waals surface area contributed by atoms with Crippen LogP contribution in [-0.4, -0.2) is 30.7 Å². The summed E-state index contributed by atoms with van der Waals surface area (Å²) in [5.74, 6) is 1.53. The minimum atomic E-state index is 0.372. The van der Waals surface area contributed by atoms with Crippen molar-refractivity contribution in [1.29, 1.82) is 0 Å². The third kappa shape index (κ3) is 3.06. The van der Waals surface area contributed by atoms with Gasteiger partial charge in [-0.2, -0.15) is 0 Å². The van der Waals surface area contributed by atoms with Gasteiger partial charge in [-0.25, -0.2) is 4.98 Å². The van der Waals surface area contributed by atoms with Gasteiger partial charge < -0.3 is 9.64 Å². The molecule has 1 aromatic heterocycles. The van der Waals surface area contributed by atoms with Crippen LogP contribution in [0.4, 0.5) is 5.82 Å². The van der Waals surface area contributed by atoms with Gasteiger partial charge in [0, 0.05) is 29.1 Å². The maximum atomic E-state index is 6.37. The van der Waals surface area contributed by atoms with Crippen LogP contribution < -0.4 is 10.3 Å². The summed E-state index contributed by atoms with van der Waals surface area (Å²) < 4.78 is 5.85. The number of ether oxygens (including phenoxy) is 1. The smallest absolute Gasteiger partial charge is 0.244 e. The predicted molar refractivity (Wildman–Crippen MR) is 114 cm³/mol. The predicted octanol–water partition coefficient (Wildman–Crippen LogP) is 4.78. The molecule has 1 saturated heterocycles. The highest BCUT2D eigenvalue weighted by molar-refractivity contribution is 6.31. The maximum absolute atomic E-state index is 6.37. The molecule has 2 aliphatic heterocycles. The topological polar surface area (TPSA) is 49.8 Å². The Hall–Kier alpha value is -2.79. The molecule has 28 heavy (non-hydrogen) atoms. The molecule has 6 heteroatoms. The zero-order chi connectivity index (χ0) is 18.9. The minimum absolute atomic E-state index is 0.372. The van der Waals surface area contributed by atoms with E-state index in [0.29, 0.717) is 17.7 Å². The Labute approximate surface area is 169 Å². The Morgan fingerprint density at radius 1 is 0.964 bits per heavy atom. The molecule has 2 aromatic carbocycles. The molecule has 0 bridgehead atoms. The van der Waals surface area contributed by atoms with E-state index >= 15 is 0 Å². The molecule has 2 aliphatic rings. The summed E-state index contributed by atoms with van der Waals surface area (Å²) in [6.45, 7) is 2.36. The van der Waals surface area contributed by atoms with Gasteiger partial charge in [-0.3, -0.25) is 5.43 Å². The first-order valence-corrected chi connectivity index (χ1v) is 10.1. The number of piperidine rings is 1. The molecule has 0 spiro atoms. The van der Waals surface area contributed by atoms with E-state index in [1.807, 2.05) is 36.4 Å². The summed E-state index contributed by atoms with van der Waals surface area (Å²) in [6.07, 6.45) is 3.61. The first-order valence-electron chi connectivity index (χ1n) is 9.68. The molecule has 0 amide bonds. The van der Waals surface area contributed by atoms with Crippen molar-refractivity contribution in [2.45, 2.75) is 19.3 Å². The van der Waals surface area contributed by atoms with Crippen molar-refractivity contribution in [3.8, 4) is 11.1 Å². The third-order valence-corrected chi connectivity index (χ3v) is 5.55. The van der Waals surface area contributed by atoms with Crippen molar-refractivity contribution >= 4 is 34.2 Å². The van der Waals surface area contributed by atoms with Crippen LogP contribution in [0.1, 0.15) is 24.8 Å². The summed E-state index contributed by atoms with van der Waals surface area (Å²) in [5, 5.41) is 6.12. The van der Waals surface area contributed by atoms with E-state index in [9.17, 15) is 0 Å². The number of rotatable bonds is 3. The highest BCUT2D eigenvalue weighted by Crippen LogP contribution is 2.39. The van der Waals surface area contributed by atoms with E-state index in [1.54, 1.807) is 0 Å². The Morgan fingerprint density at radius 2 is 1.79 bits per heavy atom. The van der Waals surface area contributed by atoms with Gasteiger partial charge >= 0.3 is 0 Å². The molecule has 0 unspecified atom stereocenters. The summed E-state index contributed by atoms with van der Waals surface area (Å²) in [4.78, 5) is 7.41. The van der Waals surface area contributed by atoms with E-state index < -0.39 is 0 Å². The normalized spacial score (nSPS) is 16.6. The molecular formula is C22H21ClN4O. The highest BCUT2D eigenvalue weighted by atomic mass is 35.5. The average Bonchev–Trinajstić information content (AvgIpc) is 3.28. The van der Waals surface area contributed by atoms with Gasteiger partial charge in [-0.1, -0.05) is 41.9 Å². The lowest BCUT2D eigenvalue weighted by Gasteiger charge is -2.30. The highest BCUT2D eigenvalue weighted by Gasteiger charge is 2.27. The van der Waals surface area contributed by atoms with Crippen LogP contribution in [0.2, 0.25) is 5.02 Å². The Morgan fingerprint density at radius 3 is 2.54 bits per heavy atom. The number of nitrogens with one attached hydrogen (secondary N) is 1. The Balaban J connectivity index is 1.86. The van der Waals surface area contributed by atoms with Gasteiger partial charge in [0.05, 0.1) is 11.1 Å². The summed E-state index contributed by atoms with van der Waals surface area (Å²) in [5.41, 5.74) is 6.97. The van der Waals surface area contributed by atoms with Crippen molar-refractivity contribution in [1.82, 2.24) is 10.4 Å². The number of halogens is 1. The summed E-state index contributed by atoms with van der Waals surface area (Å²) in [7, 11) is 0. The molecule has 0 aliphatic carbocycles. The monoisotopic (exact) mass is 392 g/mol. The van der Waals surface area contributed by atoms with Crippen molar-refractivity contribution in [2.24, 2.45) is 5.10 Å². The van der Waals surface area contributed by atoms with Crippen LogP contribution >= 0.6 is 11.6 Å². The number of benzene rings is 2. The van der Waals surface area contributed by atoms with E-state index in [2.05, 4.69) is 27.6 Å². The van der Waals surface area contributed by atoms with Crippen LogP contribution in [0.25, 0.3) is 22.0 Å². The SMILES string of the molecule is Clc1ccc2nc(N3CCCCC3)c(C3=NNCO3)c(-c3ccccc3)c2c1. The molecule has 5 nitrogen and oxygen atoms in total. The van der Waals surface area contributed by atoms with Crippen molar-refractivity contribution in [2.75, 3.05) is 24.7 Å². The third-order valence-electron chi connectivity index (χ3n) is 5.31. The van der Waals surface area contributed by atoms with Gasteiger partial charge in [-0.05, 0) is 43.0 Å². The number of hydrogen-bond acceptors (Lipinski definition) is 5. The number of hydrazone groups is 1. The zero-order valence-corrected chi connectivity index (χ0v) is 16.2. The zero-order valence-electron chi connectivity index (χ0n) is 15.5. The first kappa shape index (κ1) is 17.3. The molecule has 142 valence electrons. The lowest BCUT2D eigenvalue weighted by Crippen LogP contribution is -2.32. The van der Waals surface area contributed by atoms with Gasteiger partial charge in [0.25, 0.3) is 0 Å². The van der Waals surface area contributed by atoms with Crippen molar-refractivity contribution < 1.29 is 4.74 Å². The quantitative estimate of drug-likeness (QED) is 0.696. The fourth-order valence-corrected chi connectivity index (χ4v) is 4.20. The van der Waals surface area contributed by atoms with Crippen LogP contribution in [0, 0.1) is 0 Å². The molecule has 1 N–H and O–H groups in total. The van der Waals surface area contributed by atoms with E-state index in [0.717, 1.165) is 46.5 Å². The van der Waals surface area contributed by atoms with E-state index in [1.165, 1.54) is 19.3 Å². The molecular weight excluding hydrogens is 372 g/mol. The maximum Gasteiger partial charge on any atom is 0.244 e. The summed E-state index contributed by atoms with van der Waals surface area (Å²) in [6, 6.07) is 16.2. The van der Waals surface area contributed by atoms with Gasteiger partial charge in [0.2, 0.25) is 5.90 Å². The molecule has 0 saturated carbocycles. The van der Waals surface area contributed by atoms with Gasteiger partial charge in [0.1, 0.15) is 5.82 Å². The van der Waals surface area contributed by atoms with Crippen molar-refractivity contribution in [3.63, 3.8) is 0 Å². The number of aromatic nitrogens is 1. The van der Waals surface area contributed by atoms with Crippen LogP contribution in [0.5, 0.6) is 0 Å². The second kappa shape index (κ2) is 7.32. The Bertz CT molecular complexity index is 1050. The fourth-order valence-electron chi connectivity index (χ4n) is 4.03. The second-order valence-corrected chi connectivity index (χ2v) is 7.56. The minimum Gasteiger partial charge on any atom is -0.453 e. The molecule has 3 aromatic rings. The first-order chi connectivity index (χ1) is 13.8. The number of pyridine rings is 1. The van der Waals surface area contributed by atoms with Gasteiger partial charge in [-0.15, -0.1) is 5.10 Å². The van der Waals surface area contributed by atoms with Crippen LogP contribution in [0.3, 0.4) is 0 Å². The number of nitrogens with zero attached hydrogens (tertiary/aromatic N) is 3. The second-order valence-electron chi connectivity index (χ2n) is 7.12. The lowest BCUT2D eigenvalue weighted by atomic mass is 9.94. The largest absolute Gasteiger partial charge is 0.453 e. The molecule has 3 heterocycles. The summed E-state index contributed by atoms with van der Waals surface area (Å²) >= 11 is 6.37. The van der Waals surface area contributed by atoms with E-state index in [-0.39, 0.29) is 0 Å². The number of fused-ring (bicyclic) bond motifs is 1.